The molecule has 0 bridgehead atoms. The molecular formula is C23H30N2O3S. The zero-order chi connectivity index (χ0) is 21.0. The maximum atomic E-state index is 12.7. The Balaban J connectivity index is 1.68. The lowest BCUT2D eigenvalue weighted by Gasteiger charge is -2.20. The number of nitrogens with one attached hydrogen (secondary N) is 1. The molecule has 2 aromatic carbocycles. The van der Waals surface area contributed by atoms with Crippen molar-refractivity contribution in [2.24, 2.45) is 0 Å². The van der Waals surface area contributed by atoms with Gasteiger partial charge < -0.3 is 5.32 Å². The highest BCUT2D eigenvalue weighted by Gasteiger charge is 2.25. The molecule has 1 saturated heterocycles. The molecule has 0 aromatic heterocycles. The summed E-state index contributed by atoms with van der Waals surface area (Å²) < 4.78 is 26.5. The number of nitrogens with zero attached hydrogens (tertiary/aromatic N) is 1. The molecule has 156 valence electrons. The second-order valence-electron chi connectivity index (χ2n) is 7.85. The van der Waals surface area contributed by atoms with Gasteiger partial charge >= 0.3 is 0 Å². The molecule has 1 aliphatic rings. The molecular weight excluding hydrogens is 384 g/mol. The van der Waals surface area contributed by atoms with Crippen LogP contribution in [-0.2, 0) is 15.8 Å². The molecule has 1 fully saturated rings. The molecule has 1 aliphatic heterocycles. The van der Waals surface area contributed by atoms with Crippen molar-refractivity contribution in [3.8, 4) is 0 Å². The first-order valence-electron chi connectivity index (χ1n) is 10.2. The van der Waals surface area contributed by atoms with E-state index in [1.807, 2.05) is 0 Å². The summed E-state index contributed by atoms with van der Waals surface area (Å²) in [5.41, 5.74) is 4.73. The maximum absolute atomic E-state index is 12.7. The number of carbonyl (C=O) groups is 1. The van der Waals surface area contributed by atoms with Crippen molar-refractivity contribution >= 4 is 15.9 Å². The van der Waals surface area contributed by atoms with Crippen LogP contribution < -0.4 is 5.32 Å². The van der Waals surface area contributed by atoms with Crippen LogP contribution in [0.4, 0.5) is 0 Å². The van der Waals surface area contributed by atoms with E-state index in [0.717, 1.165) is 24.8 Å². The summed E-state index contributed by atoms with van der Waals surface area (Å²) in [6.45, 7) is 7.39. The molecule has 3 rings (SSSR count). The van der Waals surface area contributed by atoms with Gasteiger partial charge in [-0.1, -0.05) is 42.8 Å². The number of sulfonamides is 1. The summed E-state index contributed by atoms with van der Waals surface area (Å²) >= 11 is 0. The Labute approximate surface area is 174 Å². The Hall–Kier alpha value is -2.18. The first kappa shape index (κ1) is 21.5. The van der Waals surface area contributed by atoms with Gasteiger partial charge in [-0.3, -0.25) is 4.79 Å². The number of hydrogen-bond acceptors (Lipinski definition) is 3. The zero-order valence-electron chi connectivity index (χ0n) is 17.4. The smallest absolute Gasteiger partial charge is 0.251 e. The summed E-state index contributed by atoms with van der Waals surface area (Å²) in [5, 5.41) is 3.11. The van der Waals surface area contributed by atoms with Gasteiger partial charge in [-0.05, 0) is 61.9 Å². The fraction of sp³-hybridized carbons (Fsp3) is 0.435. The Morgan fingerprint density at radius 1 is 1.07 bits per heavy atom. The van der Waals surface area contributed by atoms with Crippen LogP contribution in [0.5, 0.6) is 0 Å². The molecule has 0 aliphatic carbocycles. The second kappa shape index (κ2) is 9.09. The van der Waals surface area contributed by atoms with Crippen LogP contribution in [0.3, 0.4) is 0 Å². The summed E-state index contributed by atoms with van der Waals surface area (Å²) in [6.07, 6.45) is 2.65. The van der Waals surface area contributed by atoms with E-state index in [4.69, 9.17) is 0 Å². The van der Waals surface area contributed by atoms with Gasteiger partial charge in [0.05, 0.1) is 11.8 Å². The topological polar surface area (TPSA) is 66.5 Å². The van der Waals surface area contributed by atoms with Crippen LogP contribution >= 0.6 is 0 Å². The van der Waals surface area contributed by atoms with E-state index in [1.54, 1.807) is 28.6 Å². The third kappa shape index (κ3) is 5.25. The first-order chi connectivity index (χ1) is 13.8. The lowest BCUT2D eigenvalue weighted by Crippen LogP contribution is -2.29. The molecule has 1 atom stereocenters. The van der Waals surface area contributed by atoms with E-state index in [1.165, 1.54) is 11.1 Å². The lowest BCUT2D eigenvalue weighted by atomic mass is 9.97. The van der Waals surface area contributed by atoms with E-state index in [2.05, 4.69) is 44.3 Å². The summed E-state index contributed by atoms with van der Waals surface area (Å²) in [4.78, 5) is 12.7. The van der Waals surface area contributed by atoms with Crippen molar-refractivity contribution in [3.05, 3.63) is 70.3 Å². The van der Waals surface area contributed by atoms with E-state index < -0.39 is 10.0 Å². The molecule has 1 N–H and O–H groups in total. The van der Waals surface area contributed by atoms with Gasteiger partial charge in [0.25, 0.3) is 5.91 Å². The number of aryl methyl sites for hydroxylation is 2. The Bertz CT molecular complexity index is 962. The molecule has 0 spiro atoms. The summed E-state index contributed by atoms with van der Waals surface area (Å²) in [7, 11) is -3.28. The highest BCUT2D eigenvalue weighted by atomic mass is 32.2. The number of hydrogen-bond donors (Lipinski definition) is 1. The van der Waals surface area contributed by atoms with E-state index in [9.17, 15) is 13.2 Å². The van der Waals surface area contributed by atoms with E-state index >= 15 is 0 Å². The molecule has 0 unspecified atom stereocenters. The number of carbonyl (C=O) groups excluding carboxylic acids is 1. The number of rotatable bonds is 7. The van der Waals surface area contributed by atoms with Crippen molar-refractivity contribution in [2.45, 2.75) is 51.8 Å². The minimum absolute atomic E-state index is 0.0188. The monoisotopic (exact) mass is 414 g/mol. The lowest BCUT2D eigenvalue weighted by molar-refractivity contribution is 0.0935. The van der Waals surface area contributed by atoms with Crippen molar-refractivity contribution in [2.75, 3.05) is 13.1 Å². The summed E-state index contributed by atoms with van der Waals surface area (Å²) in [6, 6.07) is 13.1. The van der Waals surface area contributed by atoms with Gasteiger partial charge in [-0.25, -0.2) is 12.7 Å². The fourth-order valence-electron chi connectivity index (χ4n) is 3.88. The van der Waals surface area contributed by atoms with Crippen LogP contribution in [0.15, 0.2) is 42.5 Å². The average molecular weight is 415 g/mol. The van der Waals surface area contributed by atoms with Gasteiger partial charge in [-0.2, -0.15) is 0 Å². The molecule has 1 amide bonds. The second-order valence-corrected chi connectivity index (χ2v) is 9.82. The molecule has 2 aromatic rings. The van der Waals surface area contributed by atoms with Crippen molar-refractivity contribution < 1.29 is 13.2 Å². The third-order valence-electron chi connectivity index (χ3n) is 5.54. The van der Waals surface area contributed by atoms with Crippen LogP contribution in [0.2, 0.25) is 0 Å². The standard InChI is InChI=1S/C23H30N2O3S/c1-4-22(21-12-7-17(2)15-18(21)3)24-23(26)20-10-8-19(9-11-20)16-29(27,28)25-13-5-6-14-25/h7-12,15,22H,4-6,13-14,16H2,1-3H3,(H,24,26)/t22-/m0/s1. The number of benzene rings is 2. The highest BCUT2D eigenvalue weighted by Crippen LogP contribution is 2.23. The Morgan fingerprint density at radius 2 is 1.72 bits per heavy atom. The van der Waals surface area contributed by atoms with Gasteiger partial charge in [0.2, 0.25) is 10.0 Å². The predicted octanol–water partition coefficient (Wildman–Crippen LogP) is 4.11. The van der Waals surface area contributed by atoms with Crippen LogP contribution in [0.1, 0.15) is 64.8 Å². The number of amides is 1. The van der Waals surface area contributed by atoms with Crippen LogP contribution in [0, 0.1) is 13.8 Å². The Kier molecular flexibility index (Phi) is 6.75. The molecule has 0 radical (unpaired) electrons. The van der Waals surface area contributed by atoms with Crippen molar-refractivity contribution in [1.29, 1.82) is 0 Å². The van der Waals surface area contributed by atoms with E-state index in [-0.39, 0.29) is 17.7 Å². The quantitative estimate of drug-likeness (QED) is 0.741. The summed E-state index contributed by atoms with van der Waals surface area (Å²) in [5.74, 6) is -0.166. The maximum Gasteiger partial charge on any atom is 0.251 e. The van der Waals surface area contributed by atoms with Crippen LogP contribution in [0.25, 0.3) is 0 Å². The van der Waals surface area contributed by atoms with Gasteiger partial charge in [0, 0.05) is 18.7 Å². The highest BCUT2D eigenvalue weighted by molar-refractivity contribution is 7.88. The Morgan fingerprint density at radius 3 is 2.31 bits per heavy atom. The molecule has 6 heteroatoms. The van der Waals surface area contributed by atoms with Gasteiger partial charge in [0.1, 0.15) is 0 Å². The molecule has 29 heavy (non-hydrogen) atoms. The zero-order valence-corrected chi connectivity index (χ0v) is 18.3. The fourth-order valence-corrected chi connectivity index (χ4v) is 5.49. The van der Waals surface area contributed by atoms with Crippen LogP contribution in [-0.4, -0.2) is 31.7 Å². The largest absolute Gasteiger partial charge is 0.345 e. The first-order valence-corrected chi connectivity index (χ1v) is 11.9. The van der Waals surface area contributed by atoms with Gasteiger partial charge in [-0.15, -0.1) is 0 Å². The van der Waals surface area contributed by atoms with E-state index in [0.29, 0.717) is 24.2 Å². The van der Waals surface area contributed by atoms with Gasteiger partial charge in [0.15, 0.2) is 0 Å². The van der Waals surface area contributed by atoms with Crippen molar-refractivity contribution in [1.82, 2.24) is 9.62 Å². The molecule has 1 heterocycles. The average Bonchev–Trinajstić information content (AvgIpc) is 3.22. The minimum atomic E-state index is -3.28. The minimum Gasteiger partial charge on any atom is -0.345 e. The normalized spacial score (nSPS) is 16.0. The van der Waals surface area contributed by atoms with Crippen molar-refractivity contribution in [3.63, 3.8) is 0 Å². The SMILES string of the molecule is CC[C@H](NC(=O)c1ccc(CS(=O)(=O)N2CCCC2)cc1)c1ccc(C)cc1C. The predicted molar refractivity (Wildman–Crippen MR) is 116 cm³/mol. The molecule has 0 saturated carbocycles. The third-order valence-corrected chi connectivity index (χ3v) is 7.39. The molecule has 5 nitrogen and oxygen atoms in total.